The fourth-order valence-electron chi connectivity index (χ4n) is 5.18. The Morgan fingerprint density at radius 2 is 1.79 bits per heavy atom. The molecule has 0 aromatic carbocycles. The molecule has 4 aliphatic carbocycles. The molecule has 0 radical (unpaired) electrons. The molecule has 0 unspecified atom stereocenters. The minimum Gasteiger partial charge on any atom is -0.339 e. The number of nitrogens with one attached hydrogen (secondary N) is 1. The van der Waals surface area contributed by atoms with E-state index in [9.17, 15) is 0 Å². The molecule has 4 heteroatoms. The van der Waals surface area contributed by atoms with E-state index < -0.39 is 0 Å². The number of hydrogen-bond acceptors (Lipinski definition) is 4. The highest BCUT2D eigenvalue weighted by atomic mass is 16.5. The lowest BCUT2D eigenvalue weighted by Crippen LogP contribution is -2.48. The third kappa shape index (κ3) is 1.92. The van der Waals surface area contributed by atoms with Gasteiger partial charge in [-0.05, 0) is 63.3 Å². The van der Waals surface area contributed by atoms with Crippen molar-refractivity contribution in [3.8, 4) is 0 Å². The summed E-state index contributed by atoms with van der Waals surface area (Å²) >= 11 is 0. The largest absolute Gasteiger partial charge is 0.339 e. The quantitative estimate of drug-likeness (QED) is 0.903. The number of aromatic nitrogens is 2. The van der Waals surface area contributed by atoms with Gasteiger partial charge in [0.2, 0.25) is 5.89 Å². The first-order valence-electron chi connectivity index (χ1n) is 7.75. The molecule has 0 amide bonds. The third-order valence-electron chi connectivity index (χ3n) is 5.56. The molecule has 4 nitrogen and oxygen atoms in total. The molecule has 104 valence electrons. The Balaban J connectivity index is 1.59. The van der Waals surface area contributed by atoms with Gasteiger partial charge in [-0.2, -0.15) is 4.98 Å². The van der Waals surface area contributed by atoms with E-state index in [0.29, 0.717) is 0 Å². The lowest BCUT2D eigenvalue weighted by Gasteiger charge is -2.55. The molecule has 0 saturated heterocycles. The Bertz CT molecular complexity index is 432. The van der Waals surface area contributed by atoms with Crippen LogP contribution in [0.5, 0.6) is 0 Å². The van der Waals surface area contributed by atoms with Gasteiger partial charge in [-0.25, -0.2) is 0 Å². The maximum Gasteiger partial charge on any atom is 0.232 e. The van der Waals surface area contributed by atoms with Crippen LogP contribution in [0.2, 0.25) is 0 Å². The van der Waals surface area contributed by atoms with Crippen molar-refractivity contribution in [1.29, 1.82) is 0 Å². The first kappa shape index (κ1) is 11.9. The van der Waals surface area contributed by atoms with Crippen molar-refractivity contribution in [2.75, 3.05) is 13.6 Å². The van der Waals surface area contributed by atoms with E-state index in [0.717, 1.165) is 42.4 Å². The summed E-state index contributed by atoms with van der Waals surface area (Å²) in [5.41, 5.74) is 0.250. The van der Waals surface area contributed by atoms with Crippen molar-refractivity contribution in [2.45, 2.75) is 50.4 Å². The van der Waals surface area contributed by atoms with E-state index in [4.69, 9.17) is 9.51 Å². The number of rotatable bonds is 4. The van der Waals surface area contributed by atoms with Crippen LogP contribution < -0.4 is 5.32 Å². The molecular weight excluding hydrogens is 238 g/mol. The fraction of sp³-hybridized carbons (Fsp3) is 0.867. The van der Waals surface area contributed by atoms with Crippen LogP contribution in [-0.4, -0.2) is 23.7 Å². The van der Waals surface area contributed by atoms with Crippen LogP contribution in [-0.2, 0) is 11.8 Å². The molecule has 1 aromatic rings. The second-order valence-corrected chi connectivity index (χ2v) is 7.07. The molecule has 1 heterocycles. The summed E-state index contributed by atoms with van der Waals surface area (Å²) in [5, 5.41) is 7.32. The zero-order valence-electron chi connectivity index (χ0n) is 11.7. The highest BCUT2D eigenvalue weighted by Crippen LogP contribution is 2.60. The summed E-state index contributed by atoms with van der Waals surface area (Å²) in [4.78, 5) is 4.72. The van der Waals surface area contributed by atoms with Crippen molar-refractivity contribution in [3.63, 3.8) is 0 Å². The van der Waals surface area contributed by atoms with Crippen LogP contribution in [0.15, 0.2) is 4.52 Å². The predicted octanol–water partition coefficient (Wildman–Crippen LogP) is 2.30. The molecule has 1 aromatic heterocycles. The van der Waals surface area contributed by atoms with E-state index in [-0.39, 0.29) is 5.41 Å². The molecule has 5 rings (SSSR count). The third-order valence-corrected chi connectivity index (χ3v) is 5.56. The Morgan fingerprint density at radius 1 is 1.16 bits per heavy atom. The molecule has 19 heavy (non-hydrogen) atoms. The van der Waals surface area contributed by atoms with E-state index in [1.54, 1.807) is 0 Å². The average Bonchev–Trinajstić information content (AvgIpc) is 2.84. The maximum atomic E-state index is 5.66. The number of hydrogen-bond donors (Lipinski definition) is 1. The van der Waals surface area contributed by atoms with Crippen molar-refractivity contribution in [2.24, 2.45) is 17.8 Å². The highest BCUT2D eigenvalue weighted by molar-refractivity contribution is 5.15. The minimum atomic E-state index is 0.250. The van der Waals surface area contributed by atoms with Gasteiger partial charge < -0.3 is 9.84 Å². The van der Waals surface area contributed by atoms with Crippen molar-refractivity contribution in [3.05, 3.63) is 11.7 Å². The average molecular weight is 261 g/mol. The van der Waals surface area contributed by atoms with Gasteiger partial charge in [0.15, 0.2) is 5.82 Å². The van der Waals surface area contributed by atoms with E-state index in [2.05, 4.69) is 10.5 Å². The Morgan fingerprint density at radius 3 is 2.37 bits per heavy atom. The monoisotopic (exact) mass is 261 g/mol. The van der Waals surface area contributed by atoms with Crippen LogP contribution in [0.3, 0.4) is 0 Å². The summed E-state index contributed by atoms with van der Waals surface area (Å²) in [5.74, 6) is 4.62. The standard InChI is InChI=1S/C15H23N3O/c1-16-3-2-13-17-14(19-18-13)15-7-10-4-11(8-15)6-12(5-10)9-15/h10-12,16H,2-9H2,1H3. The van der Waals surface area contributed by atoms with Gasteiger partial charge in [-0.15, -0.1) is 0 Å². The van der Waals surface area contributed by atoms with Crippen LogP contribution in [0.1, 0.15) is 50.2 Å². The Hall–Kier alpha value is -0.900. The fourth-order valence-corrected chi connectivity index (χ4v) is 5.18. The van der Waals surface area contributed by atoms with Crippen molar-refractivity contribution in [1.82, 2.24) is 15.5 Å². The second kappa shape index (κ2) is 4.30. The first-order valence-corrected chi connectivity index (χ1v) is 7.75. The zero-order valence-corrected chi connectivity index (χ0v) is 11.7. The molecule has 4 bridgehead atoms. The molecule has 4 fully saturated rings. The summed E-state index contributed by atoms with van der Waals surface area (Å²) < 4.78 is 5.66. The number of nitrogens with zero attached hydrogens (tertiary/aromatic N) is 2. The normalized spacial score (nSPS) is 39.9. The summed E-state index contributed by atoms with van der Waals surface area (Å²) in [6.45, 7) is 0.917. The van der Waals surface area contributed by atoms with Crippen molar-refractivity contribution >= 4 is 0 Å². The van der Waals surface area contributed by atoms with E-state index in [1.165, 1.54) is 38.5 Å². The van der Waals surface area contributed by atoms with Gasteiger partial charge in [0.1, 0.15) is 0 Å². The summed E-state index contributed by atoms with van der Waals surface area (Å²) in [6.07, 6.45) is 9.14. The van der Waals surface area contributed by atoms with Gasteiger partial charge in [-0.1, -0.05) is 5.16 Å². The Labute approximate surface area is 114 Å². The van der Waals surface area contributed by atoms with Crippen molar-refractivity contribution < 1.29 is 4.52 Å². The first-order chi connectivity index (χ1) is 9.27. The SMILES string of the molecule is CNCCc1noc(C23CC4CC(CC(C4)C2)C3)n1. The van der Waals surface area contributed by atoms with Gasteiger partial charge in [-0.3, -0.25) is 0 Å². The van der Waals surface area contributed by atoms with Gasteiger partial charge >= 0.3 is 0 Å². The van der Waals surface area contributed by atoms with E-state index >= 15 is 0 Å². The lowest BCUT2D eigenvalue weighted by atomic mass is 9.49. The summed E-state index contributed by atoms with van der Waals surface area (Å²) in [6, 6.07) is 0. The zero-order chi connectivity index (χ0) is 12.9. The molecule has 1 N–H and O–H groups in total. The Kier molecular flexibility index (Phi) is 2.69. The molecule has 0 spiro atoms. The molecule has 4 aliphatic rings. The topological polar surface area (TPSA) is 51.0 Å². The van der Waals surface area contributed by atoms with Crippen LogP contribution in [0.25, 0.3) is 0 Å². The smallest absolute Gasteiger partial charge is 0.232 e. The number of likely N-dealkylation sites (N-methyl/N-ethyl adjacent to an activating group) is 1. The molecular formula is C15H23N3O. The van der Waals surface area contributed by atoms with Gasteiger partial charge in [0.25, 0.3) is 0 Å². The predicted molar refractivity (Wildman–Crippen MR) is 71.8 cm³/mol. The maximum absolute atomic E-state index is 5.66. The van der Waals surface area contributed by atoms with E-state index in [1.807, 2.05) is 7.05 Å². The lowest BCUT2D eigenvalue weighted by molar-refractivity contribution is -0.0201. The highest BCUT2D eigenvalue weighted by Gasteiger charge is 2.54. The second-order valence-electron chi connectivity index (χ2n) is 7.07. The molecule has 4 saturated carbocycles. The van der Waals surface area contributed by atoms with Crippen LogP contribution >= 0.6 is 0 Å². The molecule has 0 atom stereocenters. The van der Waals surface area contributed by atoms with Gasteiger partial charge in [0, 0.05) is 13.0 Å². The van der Waals surface area contributed by atoms with Crippen LogP contribution in [0, 0.1) is 17.8 Å². The summed E-state index contributed by atoms with van der Waals surface area (Å²) in [7, 11) is 1.96. The molecule has 0 aliphatic heterocycles. The van der Waals surface area contributed by atoms with Crippen LogP contribution in [0.4, 0.5) is 0 Å². The minimum absolute atomic E-state index is 0.250. The van der Waals surface area contributed by atoms with Gasteiger partial charge in [0.05, 0.1) is 5.41 Å².